The molecule has 3 heterocycles. The quantitative estimate of drug-likeness (QED) is 0.166. The minimum atomic E-state index is 0.816. The highest BCUT2D eigenvalue weighted by atomic mass is 16.3. The second-order valence-corrected chi connectivity index (χ2v) is 14.4. The number of para-hydroxylation sites is 4. The van der Waals surface area contributed by atoms with Crippen LogP contribution in [-0.2, 0) is 0 Å². The molecule has 0 amide bonds. The maximum absolute atomic E-state index is 7.00. The van der Waals surface area contributed by atoms with E-state index in [9.17, 15) is 0 Å². The van der Waals surface area contributed by atoms with Crippen molar-refractivity contribution < 1.29 is 13.3 Å². The van der Waals surface area contributed by atoms with Crippen LogP contribution in [0.3, 0.4) is 0 Å². The lowest BCUT2D eigenvalue weighted by Crippen LogP contribution is -2.10. The number of hydrogen-bond acceptors (Lipinski definition) is 4. The molecule has 0 spiro atoms. The Bertz CT molecular complexity index is 3360. The van der Waals surface area contributed by atoms with Crippen LogP contribution in [0, 0.1) is 0 Å². The first kappa shape index (κ1) is 30.9. The van der Waals surface area contributed by atoms with Crippen molar-refractivity contribution in [3.63, 3.8) is 0 Å². The van der Waals surface area contributed by atoms with Gasteiger partial charge in [-0.05, 0) is 58.1 Å². The van der Waals surface area contributed by atoms with Crippen LogP contribution >= 0.6 is 0 Å². The van der Waals surface area contributed by atoms with Gasteiger partial charge in [-0.15, -0.1) is 0 Å². The van der Waals surface area contributed by atoms with Gasteiger partial charge in [0.1, 0.15) is 22.5 Å². The lowest BCUT2D eigenvalue weighted by Gasteiger charge is -2.25. The van der Waals surface area contributed by atoms with Crippen LogP contribution in [0.5, 0.6) is 0 Å². The Morgan fingerprint density at radius 1 is 0.304 bits per heavy atom. The number of furan rings is 3. The molecule has 3 aromatic heterocycles. The third-order valence-electron chi connectivity index (χ3n) is 11.3. The van der Waals surface area contributed by atoms with Gasteiger partial charge in [0.2, 0.25) is 0 Å². The molecule has 4 heteroatoms. The van der Waals surface area contributed by atoms with Crippen molar-refractivity contribution in [1.29, 1.82) is 0 Å². The first-order chi connectivity index (χ1) is 27.8. The fourth-order valence-electron chi connectivity index (χ4n) is 8.80. The van der Waals surface area contributed by atoms with E-state index >= 15 is 0 Å². The van der Waals surface area contributed by atoms with E-state index in [4.69, 9.17) is 13.3 Å². The van der Waals surface area contributed by atoms with Crippen LogP contribution in [0.15, 0.2) is 201 Å². The van der Waals surface area contributed by atoms with Crippen LogP contribution in [0.25, 0.3) is 98.8 Å². The van der Waals surface area contributed by atoms with Crippen LogP contribution in [-0.4, -0.2) is 0 Å². The first-order valence-electron chi connectivity index (χ1n) is 18.9. The van der Waals surface area contributed by atoms with Crippen molar-refractivity contribution >= 4 is 93.5 Å². The normalized spacial score (nSPS) is 11.9. The largest absolute Gasteiger partial charge is 0.455 e. The van der Waals surface area contributed by atoms with Gasteiger partial charge < -0.3 is 18.2 Å². The van der Waals surface area contributed by atoms with Gasteiger partial charge in [-0.1, -0.05) is 152 Å². The Balaban J connectivity index is 1.13. The molecule has 12 rings (SSSR count). The van der Waals surface area contributed by atoms with E-state index in [2.05, 4.69) is 163 Å². The number of rotatable bonds is 5. The summed E-state index contributed by atoms with van der Waals surface area (Å²) in [5.41, 5.74) is 10.2. The molecule has 0 saturated heterocycles. The molecule has 56 heavy (non-hydrogen) atoms. The minimum absolute atomic E-state index is 0.816. The van der Waals surface area contributed by atoms with Crippen LogP contribution in [0.4, 0.5) is 17.1 Å². The fraction of sp³-hybridized carbons (Fsp3) is 0. The Kier molecular flexibility index (Phi) is 6.60. The highest BCUT2D eigenvalue weighted by molar-refractivity contribution is 6.28. The van der Waals surface area contributed by atoms with Gasteiger partial charge >= 0.3 is 0 Å². The molecule has 9 aromatic carbocycles. The third-order valence-corrected chi connectivity index (χ3v) is 11.3. The van der Waals surface area contributed by atoms with E-state index in [1.165, 1.54) is 16.2 Å². The summed E-state index contributed by atoms with van der Waals surface area (Å²) in [6.45, 7) is 0. The second-order valence-electron chi connectivity index (χ2n) is 14.4. The third kappa shape index (κ3) is 4.47. The zero-order chi connectivity index (χ0) is 36.7. The lowest BCUT2D eigenvalue weighted by atomic mass is 9.92. The Labute approximate surface area is 321 Å². The monoisotopic (exact) mass is 717 g/mol. The number of anilines is 3. The van der Waals surface area contributed by atoms with Crippen molar-refractivity contribution in [2.45, 2.75) is 0 Å². The van der Waals surface area contributed by atoms with Crippen molar-refractivity contribution in [1.82, 2.24) is 0 Å². The van der Waals surface area contributed by atoms with Crippen molar-refractivity contribution in [2.75, 3.05) is 4.90 Å². The van der Waals surface area contributed by atoms with Gasteiger partial charge in [-0.2, -0.15) is 0 Å². The molecule has 0 aliphatic rings. The molecule has 0 unspecified atom stereocenters. The van der Waals surface area contributed by atoms with Gasteiger partial charge in [0.05, 0.1) is 11.4 Å². The average Bonchev–Trinajstić information content (AvgIpc) is 3.98. The smallest absolute Gasteiger partial charge is 0.159 e. The lowest BCUT2D eigenvalue weighted by molar-refractivity contribution is 0.636. The molecule has 0 bridgehead atoms. The van der Waals surface area contributed by atoms with E-state index in [0.29, 0.717) is 0 Å². The van der Waals surface area contributed by atoms with E-state index < -0.39 is 0 Å². The van der Waals surface area contributed by atoms with Gasteiger partial charge in [-0.3, -0.25) is 0 Å². The molecule has 262 valence electrons. The zero-order valence-corrected chi connectivity index (χ0v) is 30.1. The van der Waals surface area contributed by atoms with Crippen LogP contribution in [0.1, 0.15) is 0 Å². The van der Waals surface area contributed by atoms with E-state index in [1.807, 2.05) is 30.3 Å². The van der Waals surface area contributed by atoms with Crippen molar-refractivity contribution in [2.24, 2.45) is 0 Å². The van der Waals surface area contributed by atoms with Gasteiger partial charge in [-0.25, -0.2) is 0 Å². The molecule has 0 atom stereocenters. The predicted molar refractivity (Wildman–Crippen MR) is 231 cm³/mol. The average molecular weight is 718 g/mol. The Hall–Kier alpha value is -7.56. The Morgan fingerprint density at radius 3 is 1.38 bits per heavy atom. The standard InChI is InChI=1S/C52H31NO3/c1-2-14-33(15-3-1)49-47(48-39-20-6-4-16-35(39)36-17-5-7-21-40(36)52(48)56-49)32-28-30-34(31-29-32)53(43-24-12-22-41-37-18-8-10-26-45(37)54-50(41)43)44-25-13-23-42-38-19-9-11-27-46(38)55-51(42)44/h1-31H. The van der Waals surface area contributed by atoms with Crippen LogP contribution in [0.2, 0.25) is 0 Å². The Morgan fingerprint density at radius 2 is 0.768 bits per heavy atom. The van der Waals surface area contributed by atoms with E-state index in [0.717, 1.165) is 99.7 Å². The maximum Gasteiger partial charge on any atom is 0.159 e. The molecule has 12 aromatic rings. The topological polar surface area (TPSA) is 42.7 Å². The molecule has 0 N–H and O–H groups in total. The van der Waals surface area contributed by atoms with E-state index in [-0.39, 0.29) is 0 Å². The minimum Gasteiger partial charge on any atom is -0.455 e. The molecule has 0 radical (unpaired) electrons. The number of fused-ring (bicyclic) bond motifs is 12. The van der Waals surface area contributed by atoms with Gasteiger partial charge in [0.25, 0.3) is 0 Å². The fourth-order valence-corrected chi connectivity index (χ4v) is 8.80. The molecule has 0 saturated carbocycles. The molecule has 0 fully saturated rings. The molecule has 4 nitrogen and oxygen atoms in total. The number of hydrogen-bond donors (Lipinski definition) is 0. The number of benzene rings is 9. The summed E-state index contributed by atoms with van der Waals surface area (Å²) in [6, 6.07) is 65.8. The van der Waals surface area contributed by atoms with Gasteiger partial charge in [0.15, 0.2) is 11.2 Å². The highest BCUT2D eigenvalue weighted by Crippen LogP contribution is 2.49. The summed E-state index contributed by atoms with van der Waals surface area (Å²) in [4.78, 5) is 2.27. The summed E-state index contributed by atoms with van der Waals surface area (Å²) in [6.07, 6.45) is 0. The van der Waals surface area contributed by atoms with Crippen molar-refractivity contribution in [3.8, 4) is 22.5 Å². The predicted octanol–water partition coefficient (Wildman–Crippen LogP) is 15.3. The zero-order valence-electron chi connectivity index (χ0n) is 30.1. The summed E-state index contributed by atoms with van der Waals surface area (Å²) < 4.78 is 20.3. The summed E-state index contributed by atoms with van der Waals surface area (Å²) >= 11 is 0. The summed E-state index contributed by atoms with van der Waals surface area (Å²) in [5, 5.41) is 10.1. The van der Waals surface area contributed by atoms with Gasteiger partial charge in [0, 0.05) is 49.1 Å². The van der Waals surface area contributed by atoms with E-state index in [1.54, 1.807) is 0 Å². The SMILES string of the molecule is c1ccc(-c2oc3c4ccccc4c4ccccc4c3c2-c2ccc(N(c3cccc4c3oc3ccccc34)c3cccc4c3oc3ccccc34)cc2)cc1. The molecule has 0 aliphatic carbocycles. The van der Waals surface area contributed by atoms with Crippen molar-refractivity contribution in [3.05, 3.63) is 188 Å². The first-order valence-corrected chi connectivity index (χ1v) is 18.9. The molecular weight excluding hydrogens is 687 g/mol. The number of nitrogens with zero attached hydrogens (tertiary/aromatic N) is 1. The highest BCUT2D eigenvalue weighted by Gasteiger charge is 2.25. The second kappa shape index (κ2) is 12.0. The molecular formula is C52H31NO3. The summed E-state index contributed by atoms with van der Waals surface area (Å²) in [7, 11) is 0. The van der Waals surface area contributed by atoms with Crippen LogP contribution < -0.4 is 4.90 Å². The maximum atomic E-state index is 7.00. The summed E-state index contributed by atoms with van der Waals surface area (Å²) in [5.74, 6) is 0.853. The molecule has 0 aliphatic heterocycles.